The van der Waals surface area contributed by atoms with Crippen LogP contribution in [0.4, 0.5) is 28.4 Å². The topological polar surface area (TPSA) is 128 Å². The Morgan fingerprint density at radius 2 is 0.910 bits per heavy atom. The Morgan fingerprint density at radius 1 is 0.372 bits per heavy atom. The zero-order valence-electron chi connectivity index (χ0n) is 41.4. The first-order chi connectivity index (χ1) is 38.7. The van der Waals surface area contributed by atoms with E-state index in [4.69, 9.17) is 13.9 Å². The lowest BCUT2D eigenvalue weighted by Crippen LogP contribution is -2.28. The van der Waals surface area contributed by atoms with E-state index in [-0.39, 0.29) is 12.0 Å². The summed E-state index contributed by atoms with van der Waals surface area (Å²) in [6, 6.07) is 74.5. The van der Waals surface area contributed by atoms with Crippen molar-refractivity contribution in [1.82, 2.24) is 35.5 Å². The number of allylic oxidation sites excluding steroid dienone is 2. The van der Waals surface area contributed by atoms with E-state index in [1.54, 1.807) is 0 Å². The van der Waals surface area contributed by atoms with Crippen LogP contribution in [0, 0.1) is 0 Å². The minimum atomic E-state index is 0.223. The SMILES string of the molecule is C1=CC2c3ccc(-c4ccc(-c5ccc(N(c6cccc7nonc67)c6ccc(-c7ccc(-c8ccc9c(c8)c8ccccc8n9-c8ccccc8)cc7)c7nonc67)c6nonc56)cc4)cc3N(c3ccccc3)C2C=C1. The normalized spacial score (nSPS) is 14.8. The van der Waals surface area contributed by atoms with Gasteiger partial charge in [0.1, 0.15) is 16.6 Å². The van der Waals surface area contributed by atoms with Gasteiger partial charge in [-0.25, -0.2) is 13.9 Å². The van der Waals surface area contributed by atoms with Crippen LogP contribution in [-0.4, -0.2) is 41.5 Å². The Hall–Kier alpha value is -10.7. The molecule has 0 spiro atoms. The maximum atomic E-state index is 5.60. The zero-order chi connectivity index (χ0) is 51.3. The number of nitrogens with zero attached hydrogens (tertiary/aromatic N) is 9. The van der Waals surface area contributed by atoms with Gasteiger partial charge in [0.25, 0.3) is 0 Å². The Labute approximate surface area is 444 Å². The van der Waals surface area contributed by atoms with Gasteiger partial charge in [0.05, 0.1) is 34.1 Å². The molecule has 368 valence electrons. The molecule has 4 aromatic heterocycles. The molecule has 10 aromatic carbocycles. The van der Waals surface area contributed by atoms with Gasteiger partial charge < -0.3 is 14.4 Å². The minimum Gasteiger partial charge on any atom is -0.333 e. The fourth-order valence-electron chi connectivity index (χ4n) is 12.0. The second-order valence-electron chi connectivity index (χ2n) is 19.8. The largest absolute Gasteiger partial charge is 0.333 e. The predicted octanol–water partition coefficient (Wildman–Crippen LogP) is 16.3. The summed E-state index contributed by atoms with van der Waals surface area (Å²) < 4.78 is 18.8. The highest BCUT2D eigenvalue weighted by Crippen LogP contribution is 2.50. The van der Waals surface area contributed by atoms with Crippen LogP contribution in [0.3, 0.4) is 0 Å². The molecule has 12 nitrogen and oxygen atoms in total. The van der Waals surface area contributed by atoms with Crippen LogP contribution < -0.4 is 9.80 Å². The van der Waals surface area contributed by atoms with E-state index in [0.29, 0.717) is 50.2 Å². The van der Waals surface area contributed by atoms with Gasteiger partial charge >= 0.3 is 0 Å². The van der Waals surface area contributed by atoms with Gasteiger partial charge in [-0.3, -0.25) is 0 Å². The molecule has 12 heteroatoms. The van der Waals surface area contributed by atoms with Crippen LogP contribution in [0.15, 0.2) is 251 Å². The van der Waals surface area contributed by atoms with Gasteiger partial charge in [-0.05, 0) is 155 Å². The van der Waals surface area contributed by atoms with Crippen molar-refractivity contribution in [3.63, 3.8) is 0 Å². The number of anilines is 5. The molecular weight excluding hydrogens is 967 g/mol. The number of fused-ring (bicyclic) bond motifs is 9. The Bertz CT molecular complexity index is 4710. The second kappa shape index (κ2) is 17.4. The van der Waals surface area contributed by atoms with E-state index in [1.807, 2.05) is 47.4 Å². The number of hydrogen-bond acceptors (Lipinski definition) is 11. The Kier molecular flexibility index (Phi) is 9.76. The maximum absolute atomic E-state index is 5.60. The van der Waals surface area contributed by atoms with Gasteiger partial charge in [0, 0.05) is 44.9 Å². The van der Waals surface area contributed by atoms with Crippen LogP contribution in [0.2, 0.25) is 0 Å². The summed E-state index contributed by atoms with van der Waals surface area (Å²) >= 11 is 0. The number of aromatic nitrogens is 7. The zero-order valence-corrected chi connectivity index (χ0v) is 41.4. The lowest BCUT2D eigenvalue weighted by atomic mass is 9.90. The summed E-state index contributed by atoms with van der Waals surface area (Å²) in [6.45, 7) is 0. The summed E-state index contributed by atoms with van der Waals surface area (Å²) in [5.74, 6) is 0.289. The van der Waals surface area contributed by atoms with Crippen molar-refractivity contribution in [2.45, 2.75) is 12.0 Å². The molecule has 2 unspecified atom stereocenters. The molecule has 1 aliphatic heterocycles. The number of benzene rings is 10. The summed E-state index contributed by atoms with van der Waals surface area (Å²) in [5.41, 5.74) is 20.6. The number of para-hydroxylation sites is 3. The van der Waals surface area contributed by atoms with Crippen molar-refractivity contribution in [1.29, 1.82) is 0 Å². The smallest absolute Gasteiger partial charge is 0.159 e. The molecule has 0 bridgehead atoms. The van der Waals surface area contributed by atoms with Gasteiger partial charge in [0.15, 0.2) is 16.6 Å². The summed E-state index contributed by atoms with van der Waals surface area (Å²) in [6.07, 6.45) is 8.93. The monoisotopic (exact) mass is 1010 g/mol. The summed E-state index contributed by atoms with van der Waals surface area (Å²) in [7, 11) is 0. The lowest BCUT2D eigenvalue weighted by molar-refractivity contribution is 0.315. The minimum absolute atomic E-state index is 0.223. The maximum Gasteiger partial charge on any atom is 0.159 e. The van der Waals surface area contributed by atoms with Crippen molar-refractivity contribution in [3.05, 3.63) is 242 Å². The molecule has 14 aromatic rings. The molecule has 16 rings (SSSR count). The highest BCUT2D eigenvalue weighted by atomic mass is 16.6. The second-order valence-corrected chi connectivity index (χ2v) is 19.8. The summed E-state index contributed by atoms with van der Waals surface area (Å²) in [5, 5.41) is 29.1. The Morgan fingerprint density at radius 3 is 1.62 bits per heavy atom. The Balaban J connectivity index is 0.749. The molecule has 1 aliphatic carbocycles. The van der Waals surface area contributed by atoms with Gasteiger partial charge in [-0.2, -0.15) is 0 Å². The molecule has 0 fully saturated rings. The van der Waals surface area contributed by atoms with E-state index >= 15 is 0 Å². The third kappa shape index (κ3) is 6.79. The molecule has 0 saturated heterocycles. The van der Waals surface area contributed by atoms with E-state index in [2.05, 4.69) is 235 Å². The first kappa shape index (κ1) is 43.7. The van der Waals surface area contributed by atoms with Crippen LogP contribution in [0.5, 0.6) is 0 Å². The fraction of sp³-hybridized carbons (Fsp3) is 0.0303. The molecule has 0 saturated carbocycles. The predicted molar refractivity (Wildman–Crippen MR) is 307 cm³/mol. The molecule has 78 heavy (non-hydrogen) atoms. The van der Waals surface area contributed by atoms with E-state index in [9.17, 15) is 0 Å². The molecular formula is C66H41N9O3. The van der Waals surface area contributed by atoms with Crippen molar-refractivity contribution >= 4 is 83.3 Å². The highest BCUT2D eigenvalue weighted by molar-refractivity contribution is 6.11. The molecule has 5 heterocycles. The first-order valence-electron chi connectivity index (χ1n) is 25.9. The van der Waals surface area contributed by atoms with Crippen LogP contribution in [0.25, 0.3) is 105 Å². The lowest BCUT2D eigenvalue weighted by Gasteiger charge is -2.28. The molecule has 0 N–H and O–H groups in total. The number of hydrogen-bond donors (Lipinski definition) is 0. The van der Waals surface area contributed by atoms with Crippen LogP contribution >= 0.6 is 0 Å². The standard InChI is InChI=1S/C66H41N9O3/c1-3-12-46(13-4-1)73-56-20-10-8-17-51(56)53-38-44(31-35-57(53)73)40-22-26-42(27-23-40)48-33-36-59(65-62(48)68-77-71-65)75(58-21-11-18-54-64(58)70-76-67-54)60-37-34-49(63-66(60)72-78-69-63)43-28-24-41(25-29-43)45-30-32-52-50-16-7-9-19-55(50)74(61(52)39-45)47-14-5-2-6-15-47/h1-39,50,55H. The van der Waals surface area contributed by atoms with Gasteiger partial charge in [0.2, 0.25) is 0 Å². The van der Waals surface area contributed by atoms with Crippen molar-refractivity contribution in [3.8, 4) is 50.2 Å². The molecule has 2 aliphatic rings. The molecule has 0 radical (unpaired) electrons. The first-order valence-corrected chi connectivity index (χ1v) is 25.9. The fourth-order valence-corrected chi connectivity index (χ4v) is 12.0. The number of rotatable bonds is 9. The van der Waals surface area contributed by atoms with Crippen molar-refractivity contribution < 1.29 is 13.9 Å². The van der Waals surface area contributed by atoms with Gasteiger partial charge in [-0.1, -0.05) is 152 Å². The van der Waals surface area contributed by atoms with E-state index in [1.165, 1.54) is 33.2 Å². The average Bonchev–Trinajstić information content (AvgIpc) is 4.45. The third-order valence-corrected chi connectivity index (χ3v) is 15.6. The molecule has 2 atom stereocenters. The third-order valence-electron chi connectivity index (χ3n) is 15.6. The van der Waals surface area contributed by atoms with E-state index in [0.717, 1.165) is 55.7 Å². The van der Waals surface area contributed by atoms with Crippen LogP contribution in [-0.2, 0) is 0 Å². The van der Waals surface area contributed by atoms with Gasteiger partial charge in [-0.15, -0.1) is 0 Å². The van der Waals surface area contributed by atoms with Crippen molar-refractivity contribution in [2.24, 2.45) is 0 Å². The van der Waals surface area contributed by atoms with E-state index < -0.39 is 0 Å². The highest BCUT2D eigenvalue weighted by Gasteiger charge is 2.37. The average molecular weight is 1010 g/mol. The van der Waals surface area contributed by atoms with Crippen molar-refractivity contribution in [2.75, 3.05) is 9.80 Å². The molecule has 0 amide bonds. The quantitative estimate of drug-likeness (QED) is 0.137. The summed E-state index contributed by atoms with van der Waals surface area (Å²) in [4.78, 5) is 4.48. The van der Waals surface area contributed by atoms with Crippen LogP contribution in [0.1, 0.15) is 11.5 Å².